The highest BCUT2D eigenvalue weighted by Gasteiger charge is 2.32. The first-order valence-electron chi connectivity index (χ1n) is 9.40. The summed E-state index contributed by atoms with van der Waals surface area (Å²) in [7, 11) is 0. The van der Waals surface area contributed by atoms with E-state index in [9.17, 15) is 4.39 Å². The van der Waals surface area contributed by atoms with E-state index in [4.69, 9.17) is 4.52 Å². The van der Waals surface area contributed by atoms with Gasteiger partial charge in [-0.1, -0.05) is 28.6 Å². The molecule has 0 atom stereocenters. The molecular formula is C19H20FN5OS. The fourth-order valence-electron chi connectivity index (χ4n) is 3.46. The molecule has 0 radical (unpaired) electrons. The number of hydrogen-bond donors (Lipinski definition) is 0. The number of nitrogens with zero attached hydrogens (tertiary/aromatic N) is 5. The third-order valence-electron chi connectivity index (χ3n) is 5.24. The molecule has 1 saturated heterocycles. The van der Waals surface area contributed by atoms with Crippen molar-refractivity contribution in [1.82, 2.24) is 20.3 Å². The lowest BCUT2D eigenvalue weighted by Gasteiger charge is -2.29. The minimum Gasteiger partial charge on any atom is -0.347 e. The highest BCUT2D eigenvalue weighted by Crippen LogP contribution is 2.40. The van der Waals surface area contributed by atoms with E-state index < -0.39 is 0 Å². The summed E-state index contributed by atoms with van der Waals surface area (Å²) in [5.74, 6) is 2.34. The lowest BCUT2D eigenvalue weighted by Crippen LogP contribution is -2.33. The van der Waals surface area contributed by atoms with Crippen LogP contribution in [-0.2, 0) is 6.42 Å². The molecule has 1 aliphatic carbocycles. The van der Waals surface area contributed by atoms with Gasteiger partial charge in [-0.05, 0) is 43.4 Å². The molecule has 1 aromatic carbocycles. The third kappa shape index (κ3) is 3.71. The molecule has 0 unspecified atom stereocenters. The second-order valence-corrected chi connectivity index (χ2v) is 8.35. The molecule has 6 nitrogen and oxygen atoms in total. The van der Waals surface area contributed by atoms with Crippen LogP contribution in [0.3, 0.4) is 0 Å². The molecule has 8 heteroatoms. The van der Waals surface area contributed by atoms with E-state index in [-0.39, 0.29) is 5.82 Å². The van der Waals surface area contributed by atoms with E-state index in [0.29, 0.717) is 18.3 Å². The summed E-state index contributed by atoms with van der Waals surface area (Å²) in [6, 6.07) is 6.55. The maximum atomic E-state index is 13.0. The molecule has 2 fully saturated rings. The fraction of sp³-hybridized carbons (Fsp3) is 0.474. The third-order valence-corrected chi connectivity index (χ3v) is 6.22. The molecule has 0 spiro atoms. The molecule has 2 aliphatic rings. The standard InChI is InChI=1S/C19H20FN5OS/c20-15-5-1-12(2-6-15)11-16-22-23-19(27-16)25-9-7-13(8-10-25)17-21-18(26-24-17)14-3-4-14/h1-2,5-6,13-14H,3-4,7-11H2. The van der Waals surface area contributed by atoms with Crippen molar-refractivity contribution < 1.29 is 8.91 Å². The van der Waals surface area contributed by atoms with Crippen LogP contribution in [-0.4, -0.2) is 33.4 Å². The van der Waals surface area contributed by atoms with Crippen molar-refractivity contribution in [2.75, 3.05) is 18.0 Å². The lowest BCUT2D eigenvalue weighted by molar-refractivity contribution is 0.365. The smallest absolute Gasteiger partial charge is 0.229 e. The number of rotatable bonds is 5. The molecule has 27 heavy (non-hydrogen) atoms. The normalized spacial score (nSPS) is 18.2. The number of aromatic nitrogens is 4. The molecule has 0 N–H and O–H groups in total. The van der Waals surface area contributed by atoms with E-state index >= 15 is 0 Å². The van der Waals surface area contributed by atoms with Crippen LogP contribution in [0.1, 0.15) is 59.8 Å². The van der Waals surface area contributed by atoms with Crippen molar-refractivity contribution in [2.24, 2.45) is 0 Å². The molecule has 3 aromatic rings. The van der Waals surface area contributed by atoms with Crippen LogP contribution in [0.5, 0.6) is 0 Å². The van der Waals surface area contributed by atoms with Gasteiger partial charge in [0, 0.05) is 31.3 Å². The van der Waals surface area contributed by atoms with Crippen LogP contribution in [0.25, 0.3) is 0 Å². The van der Waals surface area contributed by atoms with Crippen LogP contribution in [0.4, 0.5) is 9.52 Å². The van der Waals surface area contributed by atoms with Gasteiger partial charge in [-0.3, -0.25) is 0 Å². The van der Waals surface area contributed by atoms with E-state index in [0.717, 1.165) is 53.3 Å². The van der Waals surface area contributed by atoms with Gasteiger partial charge in [-0.2, -0.15) is 4.98 Å². The second kappa shape index (κ2) is 6.99. The molecule has 3 heterocycles. The van der Waals surface area contributed by atoms with Gasteiger partial charge in [0.2, 0.25) is 11.0 Å². The van der Waals surface area contributed by atoms with Gasteiger partial charge in [0.15, 0.2) is 5.82 Å². The van der Waals surface area contributed by atoms with E-state index in [1.165, 1.54) is 25.0 Å². The Balaban J connectivity index is 1.19. The number of benzene rings is 1. The molecular weight excluding hydrogens is 365 g/mol. The predicted molar refractivity (Wildman–Crippen MR) is 99.6 cm³/mol. The largest absolute Gasteiger partial charge is 0.347 e. The van der Waals surface area contributed by atoms with Crippen LogP contribution in [0, 0.1) is 5.82 Å². The summed E-state index contributed by atoms with van der Waals surface area (Å²) in [6.07, 6.45) is 5.03. The van der Waals surface area contributed by atoms with Crippen LogP contribution < -0.4 is 4.90 Å². The van der Waals surface area contributed by atoms with Gasteiger partial charge in [0.25, 0.3) is 0 Å². The SMILES string of the molecule is Fc1ccc(Cc2nnc(N3CCC(c4noc(C5CC5)n4)CC3)s2)cc1. The van der Waals surface area contributed by atoms with E-state index in [2.05, 4.69) is 25.2 Å². The van der Waals surface area contributed by atoms with Crippen molar-refractivity contribution in [3.05, 3.63) is 52.4 Å². The number of anilines is 1. The van der Waals surface area contributed by atoms with Gasteiger partial charge in [0.05, 0.1) is 0 Å². The minimum absolute atomic E-state index is 0.217. The van der Waals surface area contributed by atoms with Gasteiger partial charge >= 0.3 is 0 Å². The average molecular weight is 385 g/mol. The summed E-state index contributed by atoms with van der Waals surface area (Å²) >= 11 is 1.61. The van der Waals surface area contributed by atoms with Crippen molar-refractivity contribution in [3.8, 4) is 0 Å². The monoisotopic (exact) mass is 385 g/mol. The number of hydrogen-bond acceptors (Lipinski definition) is 7. The van der Waals surface area contributed by atoms with Gasteiger partial charge in [-0.25, -0.2) is 4.39 Å². The second-order valence-electron chi connectivity index (χ2n) is 7.31. The summed E-state index contributed by atoms with van der Waals surface area (Å²) in [5, 5.41) is 14.8. The van der Waals surface area contributed by atoms with E-state index in [1.54, 1.807) is 23.5 Å². The van der Waals surface area contributed by atoms with Gasteiger partial charge < -0.3 is 9.42 Å². The zero-order chi connectivity index (χ0) is 18.2. The summed E-state index contributed by atoms with van der Waals surface area (Å²) in [5.41, 5.74) is 1.04. The van der Waals surface area contributed by atoms with Gasteiger partial charge in [-0.15, -0.1) is 10.2 Å². The Kier molecular flexibility index (Phi) is 4.35. The summed E-state index contributed by atoms with van der Waals surface area (Å²) in [4.78, 5) is 6.88. The first kappa shape index (κ1) is 16.8. The maximum absolute atomic E-state index is 13.0. The first-order chi connectivity index (χ1) is 13.2. The van der Waals surface area contributed by atoms with Crippen LogP contribution in [0.15, 0.2) is 28.8 Å². The molecule has 1 aliphatic heterocycles. The first-order valence-corrected chi connectivity index (χ1v) is 10.2. The Labute approximate surface area is 160 Å². The minimum atomic E-state index is -0.217. The van der Waals surface area contributed by atoms with Crippen molar-refractivity contribution >= 4 is 16.5 Å². The fourth-order valence-corrected chi connectivity index (χ4v) is 4.38. The molecule has 2 aromatic heterocycles. The predicted octanol–water partition coefficient (Wildman–Crippen LogP) is 3.91. The zero-order valence-corrected chi connectivity index (χ0v) is 15.7. The van der Waals surface area contributed by atoms with Crippen molar-refractivity contribution in [2.45, 2.75) is 43.9 Å². The Hall–Kier alpha value is -2.35. The molecule has 0 amide bonds. The lowest BCUT2D eigenvalue weighted by atomic mass is 9.96. The number of piperidine rings is 1. The Morgan fingerprint density at radius 2 is 1.81 bits per heavy atom. The molecule has 0 bridgehead atoms. The molecule has 140 valence electrons. The van der Waals surface area contributed by atoms with Gasteiger partial charge in [0.1, 0.15) is 10.8 Å². The van der Waals surface area contributed by atoms with Crippen LogP contribution in [0.2, 0.25) is 0 Å². The highest BCUT2D eigenvalue weighted by atomic mass is 32.1. The number of halogens is 1. The molecule has 1 saturated carbocycles. The van der Waals surface area contributed by atoms with E-state index in [1.807, 2.05) is 0 Å². The average Bonchev–Trinajstić information content (AvgIpc) is 3.24. The maximum Gasteiger partial charge on any atom is 0.229 e. The summed E-state index contributed by atoms with van der Waals surface area (Å²) < 4.78 is 18.4. The Bertz CT molecular complexity index is 912. The Morgan fingerprint density at radius 3 is 2.56 bits per heavy atom. The zero-order valence-electron chi connectivity index (χ0n) is 14.8. The highest BCUT2D eigenvalue weighted by molar-refractivity contribution is 7.15. The molecule has 5 rings (SSSR count). The van der Waals surface area contributed by atoms with Crippen molar-refractivity contribution in [3.63, 3.8) is 0 Å². The quantitative estimate of drug-likeness (QED) is 0.663. The Morgan fingerprint density at radius 1 is 1.04 bits per heavy atom. The topological polar surface area (TPSA) is 67.9 Å². The van der Waals surface area contributed by atoms with Crippen molar-refractivity contribution in [1.29, 1.82) is 0 Å². The van der Waals surface area contributed by atoms with Crippen LogP contribution >= 0.6 is 11.3 Å². The summed E-state index contributed by atoms with van der Waals surface area (Å²) in [6.45, 7) is 1.84.